The van der Waals surface area contributed by atoms with Crippen LogP contribution in [0, 0.1) is 9.49 Å². The van der Waals surface area contributed by atoms with E-state index in [4.69, 9.17) is 5.73 Å². The first-order chi connectivity index (χ1) is 7.25. The second-order valence-corrected chi connectivity index (χ2v) is 5.49. The van der Waals surface area contributed by atoms with Crippen molar-refractivity contribution in [3.63, 3.8) is 0 Å². The van der Waals surface area contributed by atoms with E-state index in [1.165, 1.54) is 29.3 Å². The van der Waals surface area contributed by atoms with E-state index in [9.17, 15) is 0 Å². The van der Waals surface area contributed by atoms with Crippen molar-refractivity contribution >= 4 is 34.0 Å². The van der Waals surface area contributed by atoms with E-state index in [2.05, 4.69) is 40.0 Å². The van der Waals surface area contributed by atoms with Crippen LogP contribution in [0.15, 0.2) is 18.2 Å². The Hall–Kier alpha value is -0.450. The molecule has 1 aromatic rings. The van der Waals surface area contributed by atoms with Gasteiger partial charge in [0.1, 0.15) is 0 Å². The van der Waals surface area contributed by atoms with E-state index in [1.807, 2.05) is 6.07 Å². The molecule has 0 amide bonds. The second kappa shape index (κ2) is 5.05. The van der Waals surface area contributed by atoms with Crippen LogP contribution in [0.2, 0.25) is 0 Å². The zero-order valence-electron chi connectivity index (χ0n) is 8.80. The number of nitrogen functional groups attached to an aromatic ring is 1. The number of rotatable bonds is 5. The summed E-state index contributed by atoms with van der Waals surface area (Å²) < 4.78 is 1.19. The molecule has 0 saturated heterocycles. The molecule has 0 aliphatic heterocycles. The van der Waals surface area contributed by atoms with Gasteiger partial charge < -0.3 is 11.1 Å². The predicted molar refractivity (Wildman–Crippen MR) is 74.0 cm³/mol. The van der Waals surface area contributed by atoms with E-state index in [-0.39, 0.29) is 0 Å². The molecular weight excluding hydrogens is 299 g/mol. The van der Waals surface area contributed by atoms with Gasteiger partial charge in [-0.25, -0.2) is 0 Å². The Bertz CT molecular complexity index is 334. The fraction of sp³-hybridized carbons (Fsp3) is 0.500. The summed E-state index contributed by atoms with van der Waals surface area (Å²) in [5, 5.41) is 3.39. The van der Waals surface area contributed by atoms with Gasteiger partial charge in [-0.1, -0.05) is 12.8 Å². The summed E-state index contributed by atoms with van der Waals surface area (Å²) in [7, 11) is 0. The normalized spacial score (nSPS) is 15.3. The second-order valence-electron chi connectivity index (χ2n) is 4.24. The van der Waals surface area contributed by atoms with Crippen molar-refractivity contribution in [3.8, 4) is 0 Å². The Morgan fingerprint density at radius 2 is 2.20 bits per heavy atom. The summed E-state index contributed by atoms with van der Waals surface area (Å²) in [5.41, 5.74) is 7.84. The van der Waals surface area contributed by atoms with E-state index < -0.39 is 0 Å². The van der Waals surface area contributed by atoms with Gasteiger partial charge in [0, 0.05) is 10.1 Å². The molecule has 0 heterocycles. The van der Waals surface area contributed by atoms with Gasteiger partial charge in [-0.2, -0.15) is 0 Å². The van der Waals surface area contributed by atoms with Crippen LogP contribution >= 0.6 is 22.6 Å². The number of benzene rings is 1. The van der Waals surface area contributed by atoms with E-state index >= 15 is 0 Å². The van der Waals surface area contributed by atoms with Crippen molar-refractivity contribution in [1.29, 1.82) is 0 Å². The number of nitrogens with one attached hydrogen (secondary N) is 1. The Morgan fingerprint density at radius 3 is 2.87 bits per heavy atom. The summed E-state index contributed by atoms with van der Waals surface area (Å²) >= 11 is 2.28. The lowest BCUT2D eigenvalue weighted by Gasteiger charge is -2.09. The van der Waals surface area contributed by atoms with E-state index in [1.54, 1.807) is 0 Å². The smallest absolute Gasteiger partial charge is 0.0574 e. The maximum absolute atomic E-state index is 5.91. The molecule has 1 aliphatic rings. The van der Waals surface area contributed by atoms with Gasteiger partial charge in [-0.05, 0) is 59.5 Å². The quantitative estimate of drug-likeness (QED) is 0.496. The van der Waals surface area contributed by atoms with Gasteiger partial charge in [0.25, 0.3) is 0 Å². The summed E-state index contributed by atoms with van der Waals surface area (Å²) in [4.78, 5) is 0. The fourth-order valence-electron chi connectivity index (χ4n) is 1.71. The molecule has 3 N–H and O–H groups in total. The van der Waals surface area contributed by atoms with Crippen molar-refractivity contribution < 1.29 is 0 Å². The van der Waals surface area contributed by atoms with Gasteiger partial charge >= 0.3 is 0 Å². The average molecular weight is 316 g/mol. The third-order valence-electron chi connectivity index (χ3n) is 2.82. The number of hydrogen-bond acceptors (Lipinski definition) is 2. The van der Waals surface area contributed by atoms with Crippen LogP contribution in [0.1, 0.15) is 25.7 Å². The molecule has 3 heteroatoms. The van der Waals surface area contributed by atoms with Crippen LogP contribution in [0.25, 0.3) is 0 Å². The highest BCUT2D eigenvalue weighted by molar-refractivity contribution is 14.1. The van der Waals surface area contributed by atoms with Gasteiger partial charge in [0.2, 0.25) is 0 Å². The predicted octanol–water partition coefficient (Wildman–Crippen LogP) is 3.48. The molecule has 0 bridgehead atoms. The highest BCUT2D eigenvalue weighted by atomic mass is 127. The van der Waals surface area contributed by atoms with Crippen molar-refractivity contribution in [2.75, 3.05) is 17.6 Å². The molecule has 1 saturated carbocycles. The number of anilines is 2. The third-order valence-corrected chi connectivity index (χ3v) is 3.49. The van der Waals surface area contributed by atoms with Crippen LogP contribution in [-0.4, -0.2) is 6.54 Å². The Morgan fingerprint density at radius 1 is 1.40 bits per heavy atom. The van der Waals surface area contributed by atoms with Gasteiger partial charge in [0.15, 0.2) is 0 Å². The van der Waals surface area contributed by atoms with Crippen LogP contribution in [0.3, 0.4) is 0 Å². The molecule has 0 aromatic heterocycles. The number of nitrogens with two attached hydrogens (primary N) is 1. The minimum atomic E-state index is 0.855. The maximum atomic E-state index is 5.91. The molecule has 1 fully saturated rings. The van der Waals surface area contributed by atoms with E-state index in [0.29, 0.717) is 0 Å². The zero-order chi connectivity index (χ0) is 10.7. The number of halogens is 1. The number of hydrogen-bond donors (Lipinski definition) is 2. The van der Waals surface area contributed by atoms with Crippen molar-refractivity contribution in [1.82, 2.24) is 0 Å². The molecule has 0 atom stereocenters. The highest BCUT2D eigenvalue weighted by Gasteiger charge is 2.19. The third kappa shape index (κ3) is 3.55. The fourth-order valence-corrected chi connectivity index (χ4v) is 2.23. The molecule has 15 heavy (non-hydrogen) atoms. The first kappa shape index (κ1) is 11.0. The SMILES string of the molecule is Nc1cc(I)ccc1NCCCC1CC1. The average Bonchev–Trinajstić information content (AvgIpc) is 2.99. The lowest BCUT2D eigenvalue weighted by atomic mass is 10.2. The summed E-state index contributed by atoms with van der Waals surface area (Å²) in [5.74, 6) is 1.03. The topological polar surface area (TPSA) is 38.0 Å². The van der Waals surface area contributed by atoms with Crippen molar-refractivity contribution in [2.24, 2.45) is 5.92 Å². The largest absolute Gasteiger partial charge is 0.397 e. The lowest BCUT2D eigenvalue weighted by molar-refractivity contribution is 0.687. The molecule has 2 rings (SSSR count). The highest BCUT2D eigenvalue weighted by Crippen LogP contribution is 2.33. The zero-order valence-corrected chi connectivity index (χ0v) is 11.0. The summed E-state index contributed by atoms with van der Waals surface area (Å²) in [6.45, 7) is 1.04. The van der Waals surface area contributed by atoms with Crippen LogP contribution in [-0.2, 0) is 0 Å². The molecule has 0 spiro atoms. The van der Waals surface area contributed by atoms with Gasteiger partial charge in [0.05, 0.1) is 11.4 Å². The van der Waals surface area contributed by atoms with E-state index in [0.717, 1.165) is 23.8 Å². The molecule has 0 unspecified atom stereocenters. The lowest BCUT2D eigenvalue weighted by Crippen LogP contribution is -2.04. The first-order valence-electron chi connectivity index (χ1n) is 5.54. The van der Waals surface area contributed by atoms with Crippen LogP contribution < -0.4 is 11.1 Å². The molecule has 0 radical (unpaired) electrons. The molecule has 1 aliphatic carbocycles. The molecule has 2 nitrogen and oxygen atoms in total. The Kier molecular flexibility index (Phi) is 3.72. The molecule has 1 aromatic carbocycles. The standard InChI is InChI=1S/C12H17IN2/c13-10-5-6-12(11(14)8-10)15-7-1-2-9-3-4-9/h5-6,8-9,15H,1-4,7,14H2. The minimum absolute atomic E-state index is 0.855. The minimum Gasteiger partial charge on any atom is -0.397 e. The Balaban J connectivity index is 1.76. The van der Waals surface area contributed by atoms with Crippen LogP contribution in [0.5, 0.6) is 0 Å². The monoisotopic (exact) mass is 316 g/mol. The first-order valence-corrected chi connectivity index (χ1v) is 6.62. The maximum Gasteiger partial charge on any atom is 0.0574 e. The molecular formula is C12H17IN2. The Labute approximate surface area is 105 Å². The van der Waals surface area contributed by atoms with Crippen LogP contribution in [0.4, 0.5) is 11.4 Å². The van der Waals surface area contributed by atoms with Crippen molar-refractivity contribution in [3.05, 3.63) is 21.8 Å². The van der Waals surface area contributed by atoms with Gasteiger partial charge in [-0.15, -0.1) is 0 Å². The molecule has 82 valence electrons. The van der Waals surface area contributed by atoms with Crippen molar-refractivity contribution in [2.45, 2.75) is 25.7 Å². The summed E-state index contributed by atoms with van der Waals surface area (Å²) in [6.07, 6.45) is 5.53. The summed E-state index contributed by atoms with van der Waals surface area (Å²) in [6, 6.07) is 6.15. The van der Waals surface area contributed by atoms with Gasteiger partial charge in [-0.3, -0.25) is 0 Å².